The van der Waals surface area contributed by atoms with Gasteiger partial charge in [0.25, 0.3) is 5.56 Å². The Morgan fingerprint density at radius 2 is 1.62 bits per heavy atom. The van der Waals surface area contributed by atoms with Crippen molar-refractivity contribution in [3.63, 3.8) is 0 Å². The van der Waals surface area contributed by atoms with Crippen LogP contribution in [0.3, 0.4) is 0 Å². The summed E-state index contributed by atoms with van der Waals surface area (Å²) in [5.41, 5.74) is 3.61. The number of nitrogens with one attached hydrogen (secondary N) is 1. The number of hydrogen-bond acceptors (Lipinski definition) is 4. The van der Waals surface area contributed by atoms with Gasteiger partial charge in [-0.1, -0.05) is 36.4 Å². The molecule has 0 atom stereocenters. The number of pyridine rings is 1. The standard InChI is InChI=1S/C22H17N3O3S/c26-22-20(29(27,28)17-9-5-2-6-10-17)13-15-11-12-19-18(21(15)24-22)14-23-25(19)16-7-3-1-4-8-16/h1-10,13-14H,11-12H2,(H,24,26). The summed E-state index contributed by atoms with van der Waals surface area (Å²) in [6, 6.07) is 19.3. The summed E-state index contributed by atoms with van der Waals surface area (Å²) >= 11 is 0. The fraction of sp³-hybridized carbons (Fsp3) is 0.0909. The maximum atomic E-state index is 12.9. The Bertz CT molecular complexity index is 1370. The van der Waals surface area contributed by atoms with E-state index in [9.17, 15) is 13.2 Å². The summed E-state index contributed by atoms with van der Waals surface area (Å²) in [5, 5.41) is 4.49. The average molecular weight is 403 g/mol. The number of aromatic nitrogens is 3. The lowest BCUT2D eigenvalue weighted by Crippen LogP contribution is -2.21. The van der Waals surface area contributed by atoms with Crippen molar-refractivity contribution in [2.75, 3.05) is 0 Å². The Morgan fingerprint density at radius 3 is 2.34 bits per heavy atom. The van der Waals surface area contributed by atoms with E-state index in [-0.39, 0.29) is 9.79 Å². The molecule has 0 unspecified atom stereocenters. The van der Waals surface area contributed by atoms with Crippen LogP contribution >= 0.6 is 0 Å². The van der Waals surface area contributed by atoms with Crippen LogP contribution in [0.25, 0.3) is 16.9 Å². The van der Waals surface area contributed by atoms with Gasteiger partial charge < -0.3 is 4.98 Å². The molecule has 0 radical (unpaired) electrons. The summed E-state index contributed by atoms with van der Waals surface area (Å²) in [4.78, 5) is 15.4. The quantitative estimate of drug-likeness (QED) is 0.569. The average Bonchev–Trinajstić information content (AvgIpc) is 3.19. The maximum absolute atomic E-state index is 12.9. The molecule has 2 aromatic carbocycles. The first-order chi connectivity index (χ1) is 14.1. The molecule has 0 bridgehead atoms. The number of sulfone groups is 1. The lowest BCUT2D eigenvalue weighted by molar-refractivity contribution is 0.594. The zero-order chi connectivity index (χ0) is 20.0. The van der Waals surface area contributed by atoms with E-state index in [2.05, 4.69) is 10.1 Å². The maximum Gasteiger partial charge on any atom is 0.267 e. The Morgan fingerprint density at radius 1 is 0.931 bits per heavy atom. The van der Waals surface area contributed by atoms with E-state index < -0.39 is 15.4 Å². The van der Waals surface area contributed by atoms with Crippen LogP contribution in [0, 0.1) is 0 Å². The first-order valence-corrected chi connectivity index (χ1v) is 10.7. The predicted molar refractivity (Wildman–Crippen MR) is 109 cm³/mol. The molecular formula is C22H17N3O3S. The van der Waals surface area contributed by atoms with E-state index in [1.165, 1.54) is 18.2 Å². The summed E-state index contributed by atoms with van der Waals surface area (Å²) in [5.74, 6) is 0. The molecule has 1 aliphatic rings. The van der Waals surface area contributed by atoms with Crippen molar-refractivity contribution in [2.24, 2.45) is 0 Å². The van der Waals surface area contributed by atoms with Gasteiger partial charge in [-0.05, 0) is 48.7 Å². The molecule has 6 nitrogen and oxygen atoms in total. The summed E-state index contributed by atoms with van der Waals surface area (Å²) in [7, 11) is -3.88. The van der Waals surface area contributed by atoms with Gasteiger partial charge in [-0.25, -0.2) is 13.1 Å². The third kappa shape index (κ3) is 2.82. The fourth-order valence-corrected chi connectivity index (χ4v) is 5.14. The molecule has 0 saturated heterocycles. The molecule has 0 amide bonds. The summed E-state index contributed by atoms with van der Waals surface area (Å²) < 4.78 is 27.7. The van der Waals surface area contributed by atoms with Gasteiger partial charge in [0.05, 0.1) is 28.2 Å². The predicted octanol–water partition coefficient (Wildman–Crippen LogP) is 3.16. The van der Waals surface area contributed by atoms with Gasteiger partial charge in [0.1, 0.15) is 4.90 Å². The van der Waals surface area contributed by atoms with Gasteiger partial charge in [0.2, 0.25) is 9.84 Å². The molecule has 1 aliphatic carbocycles. The molecule has 2 aromatic heterocycles. The van der Waals surface area contributed by atoms with E-state index in [1.54, 1.807) is 24.4 Å². The van der Waals surface area contributed by atoms with Crippen molar-refractivity contribution >= 4 is 9.84 Å². The van der Waals surface area contributed by atoms with Crippen molar-refractivity contribution in [1.29, 1.82) is 0 Å². The van der Waals surface area contributed by atoms with Gasteiger partial charge in [-0.3, -0.25) is 4.79 Å². The number of H-pyrrole nitrogens is 1. The van der Waals surface area contributed by atoms with Crippen LogP contribution in [0.5, 0.6) is 0 Å². The molecule has 144 valence electrons. The lowest BCUT2D eigenvalue weighted by atomic mass is 9.94. The number of aromatic amines is 1. The van der Waals surface area contributed by atoms with Crippen LogP contribution in [-0.4, -0.2) is 23.2 Å². The zero-order valence-electron chi connectivity index (χ0n) is 15.4. The minimum atomic E-state index is -3.88. The Kier molecular flexibility index (Phi) is 3.99. The molecule has 4 aromatic rings. The largest absolute Gasteiger partial charge is 0.320 e. The van der Waals surface area contributed by atoms with E-state index in [1.807, 2.05) is 35.0 Å². The van der Waals surface area contributed by atoms with Crippen LogP contribution in [0.1, 0.15) is 11.3 Å². The molecule has 0 aliphatic heterocycles. The van der Waals surface area contributed by atoms with Crippen LogP contribution in [0.15, 0.2) is 87.5 Å². The highest BCUT2D eigenvalue weighted by Gasteiger charge is 2.27. The van der Waals surface area contributed by atoms with Gasteiger partial charge in [0, 0.05) is 5.56 Å². The molecule has 0 fully saturated rings. The normalized spacial score (nSPS) is 13.0. The monoisotopic (exact) mass is 403 g/mol. The molecular weight excluding hydrogens is 386 g/mol. The zero-order valence-corrected chi connectivity index (χ0v) is 16.2. The SMILES string of the molecule is O=c1[nH]c2c(cc1S(=O)(=O)c1ccccc1)CCc1c-2cnn1-c1ccccc1. The van der Waals surface area contributed by atoms with Crippen molar-refractivity contribution < 1.29 is 8.42 Å². The topological polar surface area (TPSA) is 84.8 Å². The Labute approximate surface area is 167 Å². The smallest absolute Gasteiger partial charge is 0.267 e. The van der Waals surface area contributed by atoms with Gasteiger partial charge in [-0.2, -0.15) is 5.10 Å². The van der Waals surface area contributed by atoms with Gasteiger partial charge in [0.15, 0.2) is 0 Å². The van der Waals surface area contributed by atoms with E-state index in [0.717, 1.165) is 22.5 Å². The second-order valence-electron chi connectivity index (χ2n) is 6.93. The minimum absolute atomic E-state index is 0.110. The molecule has 1 N–H and O–H groups in total. The number of hydrogen-bond donors (Lipinski definition) is 1. The van der Waals surface area contributed by atoms with Crippen molar-refractivity contribution in [3.8, 4) is 16.9 Å². The van der Waals surface area contributed by atoms with Crippen LogP contribution in [0.4, 0.5) is 0 Å². The van der Waals surface area contributed by atoms with Gasteiger partial charge in [-0.15, -0.1) is 0 Å². The third-order valence-electron chi connectivity index (χ3n) is 5.20. The number of para-hydroxylation sites is 1. The Balaban J connectivity index is 1.64. The first-order valence-electron chi connectivity index (χ1n) is 9.25. The molecule has 29 heavy (non-hydrogen) atoms. The highest BCUT2D eigenvalue weighted by molar-refractivity contribution is 7.91. The molecule has 0 spiro atoms. The minimum Gasteiger partial charge on any atom is -0.320 e. The number of rotatable bonds is 3. The van der Waals surface area contributed by atoms with Crippen molar-refractivity contribution in [2.45, 2.75) is 22.6 Å². The molecule has 5 rings (SSSR count). The fourth-order valence-electron chi connectivity index (χ4n) is 3.78. The van der Waals surface area contributed by atoms with E-state index in [0.29, 0.717) is 18.5 Å². The van der Waals surface area contributed by atoms with Crippen LogP contribution in [-0.2, 0) is 22.7 Å². The van der Waals surface area contributed by atoms with Crippen molar-refractivity contribution in [3.05, 3.63) is 94.5 Å². The van der Waals surface area contributed by atoms with Crippen LogP contribution in [0.2, 0.25) is 0 Å². The highest BCUT2D eigenvalue weighted by Crippen LogP contribution is 2.33. The number of fused-ring (bicyclic) bond motifs is 3. The highest BCUT2D eigenvalue weighted by atomic mass is 32.2. The second kappa shape index (κ2) is 6.56. The van der Waals surface area contributed by atoms with E-state index in [4.69, 9.17) is 0 Å². The number of nitrogens with zero attached hydrogens (tertiary/aromatic N) is 2. The van der Waals surface area contributed by atoms with Gasteiger partial charge >= 0.3 is 0 Å². The summed E-state index contributed by atoms with van der Waals surface area (Å²) in [6.07, 6.45) is 3.05. The molecule has 0 saturated carbocycles. The van der Waals surface area contributed by atoms with Crippen LogP contribution < -0.4 is 5.56 Å². The van der Waals surface area contributed by atoms with Crippen molar-refractivity contribution in [1.82, 2.24) is 14.8 Å². The molecule has 2 heterocycles. The first kappa shape index (κ1) is 17.6. The number of aryl methyl sites for hydroxylation is 1. The van der Waals surface area contributed by atoms with E-state index >= 15 is 0 Å². The summed E-state index contributed by atoms with van der Waals surface area (Å²) in [6.45, 7) is 0. The second-order valence-corrected chi connectivity index (χ2v) is 8.85. The Hall–Kier alpha value is -3.45. The molecule has 7 heteroatoms. The lowest BCUT2D eigenvalue weighted by Gasteiger charge is -2.18. The number of benzene rings is 2. The third-order valence-corrected chi connectivity index (χ3v) is 6.98.